The van der Waals surface area contributed by atoms with Gasteiger partial charge in [0.05, 0.1) is 5.56 Å². The third-order valence-corrected chi connectivity index (χ3v) is 4.27. The molecule has 1 aromatic carbocycles. The number of ether oxygens (including phenoxy) is 2. The minimum absolute atomic E-state index is 0.324. The Hall–Kier alpha value is -2.10. The first-order valence-electron chi connectivity index (χ1n) is 8.53. The van der Waals surface area contributed by atoms with Crippen molar-refractivity contribution in [2.75, 3.05) is 0 Å². The molecule has 0 N–H and O–H groups in total. The Balaban J connectivity index is 2.79. The van der Waals surface area contributed by atoms with Crippen molar-refractivity contribution in [1.29, 1.82) is 0 Å². The summed E-state index contributed by atoms with van der Waals surface area (Å²) >= 11 is 0. The van der Waals surface area contributed by atoms with E-state index in [9.17, 15) is 9.59 Å². The van der Waals surface area contributed by atoms with Gasteiger partial charge >= 0.3 is 11.9 Å². The molecular weight excluding hydrogens is 316 g/mol. The van der Waals surface area contributed by atoms with Crippen LogP contribution in [-0.2, 0) is 14.3 Å². The molecule has 0 saturated heterocycles. The van der Waals surface area contributed by atoms with Gasteiger partial charge in [0.1, 0.15) is 11.2 Å². The maximum absolute atomic E-state index is 12.6. The molecule has 0 aliphatic heterocycles. The second-order valence-electron chi connectivity index (χ2n) is 7.79. The number of hydrogen-bond acceptors (Lipinski definition) is 4. The zero-order valence-electron chi connectivity index (χ0n) is 16.5. The van der Waals surface area contributed by atoms with E-state index in [1.165, 1.54) is 0 Å². The highest BCUT2D eigenvalue weighted by Gasteiger charge is 2.30. The van der Waals surface area contributed by atoms with Crippen molar-refractivity contribution in [3.8, 4) is 0 Å². The normalized spacial score (nSPS) is 11.8. The Bertz CT molecular complexity index is 669. The fourth-order valence-electron chi connectivity index (χ4n) is 2.58. The van der Waals surface area contributed by atoms with Crippen molar-refractivity contribution in [2.24, 2.45) is 0 Å². The smallest absolute Gasteiger partial charge is 0.338 e. The molecule has 0 unspecified atom stereocenters. The lowest BCUT2D eigenvalue weighted by Gasteiger charge is -2.31. The molecule has 0 saturated carbocycles. The van der Waals surface area contributed by atoms with Crippen molar-refractivity contribution in [2.45, 2.75) is 72.5 Å². The van der Waals surface area contributed by atoms with E-state index in [0.717, 1.165) is 22.8 Å². The molecule has 0 radical (unpaired) electrons. The van der Waals surface area contributed by atoms with Crippen molar-refractivity contribution >= 4 is 11.9 Å². The van der Waals surface area contributed by atoms with Gasteiger partial charge in [0, 0.05) is 6.08 Å². The van der Waals surface area contributed by atoms with Gasteiger partial charge in [0.2, 0.25) is 0 Å². The van der Waals surface area contributed by atoms with E-state index in [0.29, 0.717) is 18.4 Å². The fourth-order valence-corrected chi connectivity index (χ4v) is 2.58. The predicted octanol–water partition coefficient (Wildman–Crippen LogP) is 4.84. The molecule has 138 valence electrons. The first-order valence-corrected chi connectivity index (χ1v) is 8.53. The summed E-state index contributed by atoms with van der Waals surface area (Å²) in [5.74, 6) is -0.777. The number of esters is 2. The summed E-state index contributed by atoms with van der Waals surface area (Å²) < 4.78 is 11.1. The SMILES string of the molecule is C=CC(=O)OC(C)(C)CCC(C)(C)OC(=O)c1cc(C)cc(C)c1C. The molecule has 0 spiro atoms. The van der Waals surface area contributed by atoms with Gasteiger partial charge in [-0.2, -0.15) is 0 Å². The van der Waals surface area contributed by atoms with Crippen LogP contribution in [0.2, 0.25) is 0 Å². The summed E-state index contributed by atoms with van der Waals surface area (Å²) in [6.45, 7) is 16.7. The van der Waals surface area contributed by atoms with Crippen LogP contribution >= 0.6 is 0 Å². The highest BCUT2D eigenvalue weighted by molar-refractivity contribution is 5.92. The molecule has 0 aromatic heterocycles. The van der Waals surface area contributed by atoms with E-state index in [1.807, 2.05) is 60.6 Å². The van der Waals surface area contributed by atoms with Crippen molar-refractivity contribution in [3.05, 3.63) is 47.0 Å². The number of rotatable bonds is 7. The van der Waals surface area contributed by atoms with Gasteiger partial charge in [0.25, 0.3) is 0 Å². The van der Waals surface area contributed by atoms with Crippen LogP contribution < -0.4 is 0 Å². The molecule has 4 heteroatoms. The third kappa shape index (κ3) is 6.37. The van der Waals surface area contributed by atoms with E-state index in [1.54, 1.807) is 0 Å². The first kappa shape index (κ1) is 20.9. The Morgan fingerprint density at radius 3 is 2.04 bits per heavy atom. The molecule has 0 aliphatic carbocycles. The van der Waals surface area contributed by atoms with Crippen molar-refractivity contribution < 1.29 is 19.1 Å². The molecule has 0 atom stereocenters. The van der Waals surface area contributed by atoms with Gasteiger partial charge in [-0.25, -0.2) is 9.59 Å². The molecule has 0 amide bonds. The summed E-state index contributed by atoms with van der Waals surface area (Å²) in [6, 6.07) is 3.91. The van der Waals surface area contributed by atoms with Gasteiger partial charge in [0.15, 0.2) is 0 Å². The van der Waals surface area contributed by atoms with E-state index in [4.69, 9.17) is 9.47 Å². The highest BCUT2D eigenvalue weighted by Crippen LogP contribution is 2.27. The minimum atomic E-state index is -0.668. The number of carbonyl (C=O) groups excluding carboxylic acids is 2. The van der Waals surface area contributed by atoms with E-state index >= 15 is 0 Å². The second kappa shape index (κ2) is 7.85. The highest BCUT2D eigenvalue weighted by atomic mass is 16.6. The van der Waals surface area contributed by atoms with Gasteiger partial charge in [-0.05, 0) is 84.1 Å². The van der Waals surface area contributed by atoms with Gasteiger partial charge in [-0.3, -0.25) is 0 Å². The summed E-state index contributed by atoms with van der Waals surface area (Å²) in [6.07, 6.45) is 2.29. The Morgan fingerprint density at radius 2 is 1.52 bits per heavy atom. The number of hydrogen-bond donors (Lipinski definition) is 0. The largest absolute Gasteiger partial charge is 0.457 e. The molecular formula is C21H30O4. The summed E-state index contributed by atoms with van der Waals surface area (Å²) in [5, 5.41) is 0. The molecule has 0 aliphatic rings. The zero-order chi connectivity index (χ0) is 19.4. The lowest BCUT2D eigenvalue weighted by atomic mass is 9.93. The quantitative estimate of drug-likeness (QED) is 0.524. The monoisotopic (exact) mass is 346 g/mol. The van der Waals surface area contributed by atoms with Crippen LogP contribution in [0.5, 0.6) is 0 Å². The van der Waals surface area contributed by atoms with Crippen LogP contribution in [0.4, 0.5) is 0 Å². The Kier molecular flexibility index (Phi) is 6.58. The second-order valence-corrected chi connectivity index (χ2v) is 7.79. The molecule has 25 heavy (non-hydrogen) atoms. The zero-order valence-corrected chi connectivity index (χ0v) is 16.5. The summed E-state index contributed by atoms with van der Waals surface area (Å²) in [4.78, 5) is 24.0. The molecule has 0 heterocycles. The summed E-state index contributed by atoms with van der Waals surface area (Å²) in [7, 11) is 0. The van der Waals surface area contributed by atoms with E-state index < -0.39 is 17.2 Å². The van der Waals surface area contributed by atoms with Crippen LogP contribution in [0.25, 0.3) is 0 Å². The predicted molar refractivity (Wildman–Crippen MR) is 99.7 cm³/mol. The van der Waals surface area contributed by atoms with Gasteiger partial charge in [-0.1, -0.05) is 12.6 Å². The Morgan fingerprint density at radius 1 is 1.00 bits per heavy atom. The first-order chi connectivity index (χ1) is 11.4. The molecule has 0 fully saturated rings. The minimum Gasteiger partial charge on any atom is -0.457 e. The lowest BCUT2D eigenvalue weighted by Crippen LogP contribution is -2.34. The molecule has 1 aromatic rings. The Labute approximate surface area is 151 Å². The van der Waals surface area contributed by atoms with Gasteiger partial charge in [-0.15, -0.1) is 0 Å². The van der Waals surface area contributed by atoms with Crippen molar-refractivity contribution in [3.63, 3.8) is 0 Å². The summed E-state index contributed by atoms with van der Waals surface area (Å²) in [5.41, 5.74) is 2.33. The standard InChI is InChI=1S/C21H30O4/c1-9-18(22)24-20(5,6)10-11-21(7,8)25-19(23)17-13-14(2)12-15(3)16(17)4/h9,12-13H,1,10-11H2,2-8H3. The van der Waals surface area contributed by atoms with Gasteiger partial charge < -0.3 is 9.47 Å². The van der Waals surface area contributed by atoms with Crippen LogP contribution in [-0.4, -0.2) is 23.1 Å². The fraction of sp³-hybridized carbons (Fsp3) is 0.524. The number of benzene rings is 1. The van der Waals surface area contributed by atoms with Crippen LogP contribution in [0.3, 0.4) is 0 Å². The average molecular weight is 346 g/mol. The third-order valence-electron chi connectivity index (χ3n) is 4.27. The van der Waals surface area contributed by atoms with E-state index in [-0.39, 0.29) is 5.97 Å². The van der Waals surface area contributed by atoms with Crippen molar-refractivity contribution in [1.82, 2.24) is 0 Å². The van der Waals surface area contributed by atoms with Crippen LogP contribution in [0.15, 0.2) is 24.8 Å². The van der Waals surface area contributed by atoms with Crippen LogP contribution in [0.1, 0.15) is 67.6 Å². The van der Waals surface area contributed by atoms with E-state index in [2.05, 4.69) is 6.58 Å². The molecule has 1 rings (SSSR count). The lowest BCUT2D eigenvalue weighted by molar-refractivity contribution is -0.151. The topological polar surface area (TPSA) is 52.6 Å². The maximum atomic E-state index is 12.6. The maximum Gasteiger partial charge on any atom is 0.338 e. The molecule has 4 nitrogen and oxygen atoms in total. The number of carbonyl (C=O) groups is 2. The molecule has 0 bridgehead atoms. The van der Waals surface area contributed by atoms with Crippen LogP contribution in [0, 0.1) is 20.8 Å². The number of aryl methyl sites for hydroxylation is 2. The average Bonchev–Trinajstić information content (AvgIpc) is 2.48.